The lowest BCUT2D eigenvalue weighted by Crippen LogP contribution is -2.43. The van der Waals surface area contributed by atoms with E-state index >= 15 is 0 Å². The molecule has 2 aliphatic carbocycles. The maximum absolute atomic E-state index is 14.6. The van der Waals surface area contributed by atoms with E-state index < -0.39 is 34.7 Å². The van der Waals surface area contributed by atoms with Crippen LogP contribution in [0.5, 0.6) is 0 Å². The molecule has 42 heavy (non-hydrogen) atoms. The van der Waals surface area contributed by atoms with Crippen LogP contribution in [0.15, 0.2) is 79.0 Å². The number of fused-ring (bicyclic) bond motifs is 1. The largest absolute Gasteiger partial charge is 0.465 e. The Balaban J connectivity index is 1.58. The summed E-state index contributed by atoms with van der Waals surface area (Å²) in [5.41, 5.74) is 1.39. The zero-order valence-corrected chi connectivity index (χ0v) is 23.3. The molecule has 1 heterocycles. The third-order valence-electron chi connectivity index (χ3n) is 9.11. The number of aromatic nitrogens is 1. The number of hydrogen-bond donors (Lipinski definition) is 0. The summed E-state index contributed by atoms with van der Waals surface area (Å²) in [4.78, 5) is 39.5. The molecule has 0 saturated heterocycles. The van der Waals surface area contributed by atoms with Gasteiger partial charge in [-0.15, -0.1) is 0 Å². The molecule has 0 N–H and O–H groups in total. The lowest BCUT2D eigenvalue weighted by molar-refractivity contribution is -0.535. The molecule has 0 amide bonds. The van der Waals surface area contributed by atoms with Gasteiger partial charge in [0.2, 0.25) is 6.04 Å². The van der Waals surface area contributed by atoms with Crippen molar-refractivity contribution >= 4 is 22.8 Å². The fraction of sp³-hybridized carbons (Fsp3) is 0.303. The van der Waals surface area contributed by atoms with Crippen LogP contribution in [0.1, 0.15) is 57.8 Å². The van der Waals surface area contributed by atoms with Gasteiger partial charge in [0.05, 0.1) is 30.2 Å². The molecular formula is C33H29N3O6. The van der Waals surface area contributed by atoms with Gasteiger partial charge in [-0.1, -0.05) is 42.5 Å². The van der Waals surface area contributed by atoms with Gasteiger partial charge in [0.15, 0.2) is 0 Å². The minimum atomic E-state index is -1.42. The summed E-state index contributed by atoms with van der Waals surface area (Å²) in [5, 5.41) is 23.3. The smallest absolute Gasteiger partial charge is 0.337 e. The number of rotatable bonds is 7. The average Bonchev–Trinajstić information content (AvgIpc) is 3.61. The molecule has 4 aromatic rings. The number of carbonyl (C=O) groups excluding carboxylic acids is 2. The monoisotopic (exact) mass is 563 g/mol. The van der Waals surface area contributed by atoms with Crippen LogP contribution >= 0.6 is 0 Å². The van der Waals surface area contributed by atoms with Crippen LogP contribution in [0.25, 0.3) is 10.9 Å². The van der Waals surface area contributed by atoms with Gasteiger partial charge < -0.3 is 14.0 Å². The number of esters is 2. The van der Waals surface area contributed by atoms with Gasteiger partial charge in [0.1, 0.15) is 12.0 Å². The first-order chi connectivity index (χ1) is 20.2. The van der Waals surface area contributed by atoms with Gasteiger partial charge >= 0.3 is 11.9 Å². The Morgan fingerprint density at radius 1 is 1.10 bits per heavy atom. The second kappa shape index (κ2) is 10.1. The summed E-state index contributed by atoms with van der Waals surface area (Å²) >= 11 is 0. The molecule has 2 saturated carbocycles. The number of nitro groups is 1. The Labute approximate surface area is 242 Å². The Bertz CT molecular complexity index is 1750. The Morgan fingerprint density at radius 3 is 2.43 bits per heavy atom. The number of aryl methyl sites for hydroxylation is 1. The second-order valence-electron chi connectivity index (χ2n) is 11.4. The van der Waals surface area contributed by atoms with Gasteiger partial charge in [-0.2, -0.15) is 5.26 Å². The van der Waals surface area contributed by atoms with Gasteiger partial charge in [-0.3, -0.25) is 14.9 Å². The molecule has 0 bridgehead atoms. The molecule has 0 aliphatic heterocycles. The zero-order valence-electron chi connectivity index (χ0n) is 23.3. The van der Waals surface area contributed by atoms with E-state index in [4.69, 9.17) is 9.47 Å². The highest BCUT2D eigenvalue weighted by atomic mass is 16.6. The minimum absolute atomic E-state index is 0.0125. The van der Waals surface area contributed by atoms with Crippen LogP contribution in [-0.2, 0) is 33.3 Å². The predicted octanol–water partition coefficient (Wildman–Crippen LogP) is 5.43. The standard InChI is InChI=1S/C33H29N3O6/c1-35-18-26(25-16-22(17-34)8-13-27(25)35)28-29(36(39)40)32(14-15-32)20-33(28,24-11-9-23(10-12-24)30(37)41-2)31(38)42-19-21-6-4-3-5-7-21/h3-13,16,18,28-29H,14-15,19-20H2,1-2H3/t28-,29-,33+/m1/s1. The predicted molar refractivity (Wildman–Crippen MR) is 153 cm³/mol. The molecule has 6 rings (SSSR count). The lowest BCUT2D eigenvalue weighted by Gasteiger charge is -2.34. The van der Waals surface area contributed by atoms with Crippen LogP contribution in [-0.4, -0.2) is 34.6 Å². The van der Waals surface area contributed by atoms with Crippen molar-refractivity contribution in [2.75, 3.05) is 7.11 Å². The first-order valence-electron chi connectivity index (χ1n) is 13.8. The van der Waals surface area contributed by atoms with E-state index in [1.807, 2.05) is 54.2 Å². The van der Waals surface area contributed by atoms with Gasteiger partial charge in [0, 0.05) is 34.5 Å². The summed E-state index contributed by atoms with van der Waals surface area (Å²) in [5.74, 6) is -1.96. The SMILES string of the molecule is COC(=O)c1ccc([C@@]2(C(=O)OCc3ccccc3)CC3(CC3)[C@H]([N+](=O)[O-])[C@H]2c2cn(C)c3ccc(C#N)cc23)cc1. The quantitative estimate of drug-likeness (QED) is 0.167. The van der Waals surface area contributed by atoms with E-state index in [-0.39, 0.29) is 18.0 Å². The number of carbonyl (C=O) groups is 2. The van der Waals surface area contributed by atoms with E-state index in [0.717, 1.165) is 11.1 Å². The number of nitrogens with zero attached hydrogens (tertiary/aromatic N) is 3. The van der Waals surface area contributed by atoms with Crippen LogP contribution in [0.4, 0.5) is 0 Å². The number of ether oxygens (including phenoxy) is 2. The summed E-state index contributed by atoms with van der Waals surface area (Å²) in [7, 11) is 3.14. The Kier molecular flexibility index (Phi) is 6.57. The van der Waals surface area contributed by atoms with E-state index in [9.17, 15) is 25.0 Å². The van der Waals surface area contributed by atoms with Crippen molar-refractivity contribution in [3.8, 4) is 6.07 Å². The zero-order chi connectivity index (χ0) is 29.6. The van der Waals surface area contributed by atoms with Crippen LogP contribution < -0.4 is 0 Å². The van der Waals surface area contributed by atoms with Crippen molar-refractivity contribution in [3.05, 3.63) is 117 Å². The molecule has 3 aromatic carbocycles. The Hall–Kier alpha value is -4.97. The fourth-order valence-corrected chi connectivity index (χ4v) is 7.02. The summed E-state index contributed by atoms with van der Waals surface area (Å²) in [6, 6.07) is 22.2. The molecule has 3 atom stereocenters. The molecule has 1 spiro atoms. The van der Waals surface area contributed by atoms with Crippen molar-refractivity contribution in [2.45, 2.75) is 43.2 Å². The lowest BCUT2D eigenvalue weighted by atomic mass is 9.68. The van der Waals surface area contributed by atoms with Crippen molar-refractivity contribution in [1.82, 2.24) is 4.57 Å². The normalized spacial score (nSPS) is 22.0. The molecule has 0 unspecified atom stereocenters. The van der Waals surface area contributed by atoms with Crippen molar-refractivity contribution in [3.63, 3.8) is 0 Å². The van der Waals surface area contributed by atoms with E-state index in [1.54, 1.807) is 36.4 Å². The summed E-state index contributed by atoms with van der Waals surface area (Å²) in [6.07, 6.45) is 3.32. The number of hydrogen-bond acceptors (Lipinski definition) is 7. The maximum Gasteiger partial charge on any atom is 0.337 e. The van der Waals surface area contributed by atoms with Gasteiger partial charge in [0.25, 0.3) is 0 Å². The maximum atomic E-state index is 14.6. The van der Waals surface area contributed by atoms with Crippen LogP contribution in [0.3, 0.4) is 0 Å². The fourth-order valence-electron chi connectivity index (χ4n) is 7.02. The third kappa shape index (κ3) is 4.22. The molecule has 9 heteroatoms. The molecule has 1 aromatic heterocycles. The third-order valence-corrected chi connectivity index (χ3v) is 9.11. The second-order valence-corrected chi connectivity index (χ2v) is 11.4. The molecule has 2 aliphatic rings. The van der Waals surface area contributed by atoms with Gasteiger partial charge in [-0.25, -0.2) is 4.79 Å². The molecule has 9 nitrogen and oxygen atoms in total. The Morgan fingerprint density at radius 2 is 1.81 bits per heavy atom. The van der Waals surface area contributed by atoms with Crippen molar-refractivity contribution in [2.24, 2.45) is 12.5 Å². The molecule has 0 radical (unpaired) electrons. The van der Waals surface area contributed by atoms with Gasteiger partial charge in [-0.05, 0) is 66.3 Å². The molecular weight excluding hydrogens is 534 g/mol. The first kappa shape index (κ1) is 27.2. The van der Waals surface area contributed by atoms with Crippen molar-refractivity contribution < 1.29 is 24.0 Å². The van der Waals surface area contributed by atoms with E-state index in [2.05, 4.69) is 6.07 Å². The minimum Gasteiger partial charge on any atom is -0.465 e. The molecule has 2 fully saturated rings. The number of nitriles is 1. The first-order valence-corrected chi connectivity index (χ1v) is 13.8. The highest BCUT2D eigenvalue weighted by molar-refractivity contribution is 5.92. The average molecular weight is 564 g/mol. The highest BCUT2D eigenvalue weighted by Crippen LogP contribution is 2.70. The summed E-state index contributed by atoms with van der Waals surface area (Å²) in [6.45, 7) is 0.0125. The van der Waals surface area contributed by atoms with E-state index in [1.165, 1.54) is 7.11 Å². The highest BCUT2D eigenvalue weighted by Gasteiger charge is 2.75. The van der Waals surface area contributed by atoms with Crippen LogP contribution in [0.2, 0.25) is 0 Å². The van der Waals surface area contributed by atoms with Crippen LogP contribution in [0, 0.1) is 26.9 Å². The topological polar surface area (TPSA) is 124 Å². The van der Waals surface area contributed by atoms with E-state index in [0.29, 0.717) is 40.5 Å². The van der Waals surface area contributed by atoms with Crippen molar-refractivity contribution in [1.29, 1.82) is 5.26 Å². The number of benzene rings is 3. The molecule has 212 valence electrons. The number of methoxy groups -OCH3 is 1. The summed E-state index contributed by atoms with van der Waals surface area (Å²) < 4.78 is 12.8.